The number of hydrogen-bond acceptors (Lipinski definition) is 2. The Morgan fingerprint density at radius 2 is 1.82 bits per heavy atom. The maximum absolute atomic E-state index is 11.9. The molecule has 0 spiro atoms. The Balaban J connectivity index is 3.12. The molecule has 96 valence electrons. The van der Waals surface area contributed by atoms with Crippen molar-refractivity contribution in [2.45, 2.75) is 53.4 Å². The van der Waals surface area contributed by atoms with Gasteiger partial charge in [0.15, 0.2) is 0 Å². The van der Waals surface area contributed by atoms with E-state index in [0.29, 0.717) is 6.61 Å². The topological polar surface area (TPSA) is 42.1 Å². The third-order valence-electron chi connectivity index (χ3n) is 2.86. The molecule has 0 aromatic carbocycles. The largest absolute Gasteiger partial charge is 0.462 e. The Morgan fingerprint density at radius 3 is 2.35 bits per heavy atom. The summed E-state index contributed by atoms with van der Waals surface area (Å²) in [5.41, 5.74) is 4.06. The van der Waals surface area contributed by atoms with E-state index >= 15 is 0 Å². The first-order valence-corrected chi connectivity index (χ1v) is 6.53. The van der Waals surface area contributed by atoms with Crippen LogP contribution < -0.4 is 0 Å². The average molecular weight is 237 g/mol. The molecular weight excluding hydrogens is 214 g/mol. The van der Waals surface area contributed by atoms with Crippen molar-refractivity contribution in [3.63, 3.8) is 0 Å². The first-order chi connectivity index (χ1) is 8.15. The number of nitrogens with one attached hydrogen (secondary N) is 1. The van der Waals surface area contributed by atoms with Crippen LogP contribution in [-0.2, 0) is 17.6 Å². The average Bonchev–Trinajstić information content (AvgIpc) is 2.57. The van der Waals surface area contributed by atoms with Crippen LogP contribution in [0.5, 0.6) is 0 Å². The number of esters is 1. The van der Waals surface area contributed by atoms with Crippen LogP contribution in [0.2, 0.25) is 0 Å². The predicted octanol–water partition coefficient (Wildman–Crippen LogP) is 3.40. The zero-order valence-electron chi connectivity index (χ0n) is 11.4. The molecule has 0 aliphatic heterocycles. The minimum atomic E-state index is -0.188. The molecule has 0 aliphatic carbocycles. The number of aryl methyl sites for hydroxylation is 2. The van der Waals surface area contributed by atoms with Gasteiger partial charge in [0.2, 0.25) is 0 Å². The van der Waals surface area contributed by atoms with Gasteiger partial charge in [-0.1, -0.05) is 26.7 Å². The highest BCUT2D eigenvalue weighted by molar-refractivity contribution is 5.93. The van der Waals surface area contributed by atoms with Crippen molar-refractivity contribution in [1.82, 2.24) is 4.98 Å². The fraction of sp³-hybridized carbons (Fsp3) is 0.643. The Labute approximate surface area is 104 Å². The van der Waals surface area contributed by atoms with Crippen molar-refractivity contribution in [1.29, 1.82) is 0 Å². The second-order valence-corrected chi connectivity index (χ2v) is 4.30. The molecule has 3 heteroatoms. The van der Waals surface area contributed by atoms with Crippen molar-refractivity contribution >= 4 is 5.97 Å². The molecule has 1 heterocycles. The lowest BCUT2D eigenvalue weighted by Gasteiger charge is -2.06. The first-order valence-electron chi connectivity index (χ1n) is 6.53. The molecule has 0 unspecified atom stereocenters. The van der Waals surface area contributed by atoms with Gasteiger partial charge in [-0.25, -0.2) is 4.79 Å². The third-order valence-corrected chi connectivity index (χ3v) is 2.86. The molecule has 1 rings (SSSR count). The standard InChI is InChI=1S/C14H23NO2/c1-5-8-11-12(9-6-2)15-10(4)13(11)14(16)17-7-3/h15H,5-9H2,1-4H3. The molecule has 3 nitrogen and oxygen atoms in total. The lowest BCUT2D eigenvalue weighted by molar-refractivity contribution is 0.0524. The van der Waals surface area contributed by atoms with E-state index in [9.17, 15) is 4.79 Å². The van der Waals surface area contributed by atoms with Crippen LogP contribution in [0.4, 0.5) is 0 Å². The minimum Gasteiger partial charge on any atom is -0.462 e. The van der Waals surface area contributed by atoms with Gasteiger partial charge < -0.3 is 9.72 Å². The number of H-pyrrole nitrogens is 1. The Kier molecular flexibility index (Phi) is 5.26. The smallest absolute Gasteiger partial charge is 0.340 e. The van der Waals surface area contributed by atoms with Crippen molar-refractivity contribution in [3.8, 4) is 0 Å². The maximum Gasteiger partial charge on any atom is 0.340 e. The summed E-state index contributed by atoms with van der Waals surface area (Å²) < 4.78 is 5.13. The maximum atomic E-state index is 11.9. The zero-order valence-corrected chi connectivity index (χ0v) is 11.4. The summed E-state index contributed by atoms with van der Waals surface area (Å²) in [5.74, 6) is -0.188. The number of aromatic nitrogens is 1. The summed E-state index contributed by atoms with van der Waals surface area (Å²) in [6, 6.07) is 0. The van der Waals surface area contributed by atoms with E-state index in [-0.39, 0.29) is 5.97 Å². The van der Waals surface area contributed by atoms with Crippen LogP contribution >= 0.6 is 0 Å². The predicted molar refractivity (Wildman–Crippen MR) is 69.5 cm³/mol. The van der Waals surface area contributed by atoms with Crippen LogP contribution in [0.25, 0.3) is 0 Å². The van der Waals surface area contributed by atoms with E-state index in [1.165, 1.54) is 5.69 Å². The third kappa shape index (κ3) is 3.11. The van der Waals surface area contributed by atoms with Crippen molar-refractivity contribution in [2.24, 2.45) is 0 Å². The molecule has 17 heavy (non-hydrogen) atoms. The molecule has 0 amide bonds. The molecule has 1 aromatic heterocycles. The highest BCUT2D eigenvalue weighted by Gasteiger charge is 2.20. The molecular formula is C14H23NO2. The van der Waals surface area contributed by atoms with E-state index in [2.05, 4.69) is 18.8 Å². The molecule has 0 atom stereocenters. The summed E-state index contributed by atoms with van der Waals surface area (Å²) in [5, 5.41) is 0. The highest BCUT2D eigenvalue weighted by Crippen LogP contribution is 2.22. The minimum absolute atomic E-state index is 0.188. The van der Waals surface area contributed by atoms with E-state index < -0.39 is 0 Å². The number of ether oxygens (including phenoxy) is 1. The van der Waals surface area contributed by atoms with Crippen LogP contribution in [0.15, 0.2) is 0 Å². The van der Waals surface area contributed by atoms with E-state index in [0.717, 1.165) is 42.5 Å². The fourth-order valence-corrected chi connectivity index (χ4v) is 2.21. The van der Waals surface area contributed by atoms with Gasteiger partial charge in [0, 0.05) is 11.4 Å². The summed E-state index contributed by atoms with van der Waals surface area (Å²) in [6.45, 7) is 8.50. The van der Waals surface area contributed by atoms with Crippen LogP contribution in [-0.4, -0.2) is 17.6 Å². The lowest BCUT2D eigenvalue weighted by Crippen LogP contribution is -2.08. The van der Waals surface area contributed by atoms with E-state index in [1.807, 2.05) is 13.8 Å². The van der Waals surface area contributed by atoms with Gasteiger partial charge in [0.05, 0.1) is 12.2 Å². The Hall–Kier alpha value is -1.25. The van der Waals surface area contributed by atoms with E-state index in [1.54, 1.807) is 0 Å². The molecule has 0 aliphatic rings. The number of carbonyl (C=O) groups is 1. The molecule has 0 bridgehead atoms. The number of hydrogen-bond donors (Lipinski definition) is 1. The molecule has 1 N–H and O–H groups in total. The molecule has 0 saturated heterocycles. The van der Waals surface area contributed by atoms with Gasteiger partial charge in [-0.05, 0) is 32.3 Å². The Morgan fingerprint density at radius 1 is 1.18 bits per heavy atom. The SMILES string of the molecule is CCCc1[nH]c(C)c(C(=O)OCC)c1CCC. The zero-order chi connectivity index (χ0) is 12.8. The fourth-order valence-electron chi connectivity index (χ4n) is 2.21. The number of aromatic amines is 1. The van der Waals surface area contributed by atoms with Gasteiger partial charge in [0.1, 0.15) is 0 Å². The second-order valence-electron chi connectivity index (χ2n) is 4.30. The molecule has 0 radical (unpaired) electrons. The van der Waals surface area contributed by atoms with Crippen LogP contribution in [0.3, 0.4) is 0 Å². The molecule has 1 aromatic rings. The van der Waals surface area contributed by atoms with Gasteiger partial charge >= 0.3 is 5.97 Å². The molecule has 0 saturated carbocycles. The number of rotatable bonds is 6. The van der Waals surface area contributed by atoms with E-state index in [4.69, 9.17) is 4.74 Å². The number of carbonyl (C=O) groups excluding carboxylic acids is 1. The molecule has 0 fully saturated rings. The van der Waals surface area contributed by atoms with Crippen molar-refractivity contribution < 1.29 is 9.53 Å². The van der Waals surface area contributed by atoms with Gasteiger partial charge in [-0.3, -0.25) is 0 Å². The van der Waals surface area contributed by atoms with Gasteiger partial charge in [-0.15, -0.1) is 0 Å². The first kappa shape index (κ1) is 13.8. The van der Waals surface area contributed by atoms with Gasteiger partial charge in [-0.2, -0.15) is 0 Å². The monoisotopic (exact) mass is 237 g/mol. The van der Waals surface area contributed by atoms with Crippen molar-refractivity contribution in [3.05, 3.63) is 22.5 Å². The summed E-state index contributed by atoms with van der Waals surface area (Å²) in [4.78, 5) is 15.3. The summed E-state index contributed by atoms with van der Waals surface area (Å²) >= 11 is 0. The highest BCUT2D eigenvalue weighted by atomic mass is 16.5. The summed E-state index contributed by atoms with van der Waals surface area (Å²) in [7, 11) is 0. The van der Waals surface area contributed by atoms with Crippen LogP contribution in [0.1, 0.15) is 60.9 Å². The Bertz CT molecular complexity index is 380. The van der Waals surface area contributed by atoms with Crippen LogP contribution in [0, 0.1) is 6.92 Å². The normalized spacial score (nSPS) is 10.6. The second kappa shape index (κ2) is 6.48. The van der Waals surface area contributed by atoms with Crippen molar-refractivity contribution in [2.75, 3.05) is 6.61 Å². The lowest BCUT2D eigenvalue weighted by atomic mass is 10.0. The summed E-state index contributed by atoms with van der Waals surface area (Å²) in [6.07, 6.45) is 4.06. The van der Waals surface area contributed by atoms with Gasteiger partial charge in [0.25, 0.3) is 0 Å². The quantitative estimate of drug-likeness (QED) is 0.770.